The van der Waals surface area contributed by atoms with E-state index in [1.54, 1.807) is 0 Å². The average molecular weight is 274 g/mol. The normalized spacial score (nSPS) is 22.9. The molecule has 3 heteroatoms. The molecule has 1 fully saturated rings. The highest BCUT2D eigenvalue weighted by Gasteiger charge is 2.29. The largest absolute Gasteiger partial charge is 0.338 e. The van der Waals surface area contributed by atoms with Gasteiger partial charge in [-0.25, -0.2) is 0 Å². The van der Waals surface area contributed by atoms with Gasteiger partial charge in [0, 0.05) is 19.1 Å². The first-order chi connectivity index (χ1) is 9.63. The van der Waals surface area contributed by atoms with Crippen molar-refractivity contribution in [2.45, 2.75) is 45.6 Å². The Morgan fingerprint density at radius 1 is 1.45 bits per heavy atom. The quantitative estimate of drug-likeness (QED) is 0.917. The van der Waals surface area contributed by atoms with Crippen LogP contribution in [0.2, 0.25) is 0 Å². The number of amides is 1. The molecule has 110 valence electrons. The lowest BCUT2D eigenvalue weighted by atomic mass is 9.88. The summed E-state index contributed by atoms with van der Waals surface area (Å²) in [6, 6.07) is 8.42. The summed E-state index contributed by atoms with van der Waals surface area (Å²) in [6.45, 7) is 5.73. The molecule has 1 heterocycles. The lowest BCUT2D eigenvalue weighted by molar-refractivity contribution is -0.134. The van der Waals surface area contributed by atoms with Gasteiger partial charge in [0.25, 0.3) is 0 Å². The summed E-state index contributed by atoms with van der Waals surface area (Å²) >= 11 is 0. The minimum atomic E-state index is 0.223. The summed E-state index contributed by atoms with van der Waals surface area (Å²) in [7, 11) is 0. The topological polar surface area (TPSA) is 46.3 Å². The molecule has 0 bridgehead atoms. The SMILES string of the molecule is CCC1CCN(C(=O)Cc2cccc(C)c2)C(CN)C1. The second-order valence-electron chi connectivity index (χ2n) is 5.94. The highest BCUT2D eigenvalue weighted by atomic mass is 16.2. The number of rotatable bonds is 4. The summed E-state index contributed by atoms with van der Waals surface area (Å²) in [5.74, 6) is 0.951. The first kappa shape index (κ1) is 15.0. The molecular formula is C17H26N2O. The van der Waals surface area contributed by atoms with Crippen molar-refractivity contribution in [1.29, 1.82) is 0 Å². The maximum Gasteiger partial charge on any atom is 0.227 e. The number of nitrogens with zero attached hydrogens (tertiary/aromatic N) is 1. The third-order valence-electron chi connectivity index (χ3n) is 4.43. The number of aryl methyl sites for hydroxylation is 1. The maximum atomic E-state index is 12.5. The fourth-order valence-corrected chi connectivity index (χ4v) is 3.15. The number of hydrogen-bond donors (Lipinski definition) is 1. The van der Waals surface area contributed by atoms with Crippen LogP contribution in [0.1, 0.15) is 37.3 Å². The Kier molecular flexibility index (Phi) is 5.18. The van der Waals surface area contributed by atoms with Gasteiger partial charge in [-0.05, 0) is 31.2 Å². The van der Waals surface area contributed by atoms with Crippen molar-refractivity contribution in [3.05, 3.63) is 35.4 Å². The lowest BCUT2D eigenvalue weighted by Crippen LogP contribution is -2.50. The molecule has 0 aliphatic carbocycles. The van der Waals surface area contributed by atoms with Crippen LogP contribution in [0.25, 0.3) is 0 Å². The van der Waals surface area contributed by atoms with Gasteiger partial charge in [0.05, 0.1) is 6.42 Å². The van der Waals surface area contributed by atoms with E-state index < -0.39 is 0 Å². The Hall–Kier alpha value is -1.35. The third-order valence-corrected chi connectivity index (χ3v) is 4.43. The van der Waals surface area contributed by atoms with Gasteiger partial charge >= 0.3 is 0 Å². The van der Waals surface area contributed by atoms with Gasteiger partial charge in [-0.3, -0.25) is 4.79 Å². The van der Waals surface area contributed by atoms with Gasteiger partial charge in [0.2, 0.25) is 5.91 Å². The van der Waals surface area contributed by atoms with E-state index in [0.717, 1.165) is 30.9 Å². The van der Waals surface area contributed by atoms with Crippen LogP contribution in [-0.2, 0) is 11.2 Å². The van der Waals surface area contributed by atoms with E-state index in [1.807, 2.05) is 17.0 Å². The van der Waals surface area contributed by atoms with Crippen LogP contribution in [0.4, 0.5) is 0 Å². The van der Waals surface area contributed by atoms with E-state index in [-0.39, 0.29) is 11.9 Å². The molecule has 2 rings (SSSR count). The van der Waals surface area contributed by atoms with Crippen molar-refractivity contribution >= 4 is 5.91 Å². The minimum absolute atomic E-state index is 0.223. The van der Waals surface area contributed by atoms with Crippen molar-refractivity contribution in [3.63, 3.8) is 0 Å². The monoisotopic (exact) mass is 274 g/mol. The number of piperidine rings is 1. The van der Waals surface area contributed by atoms with Crippen molar-refractivity contribution < 1.29 is 4.79 Å². The summed E-state index contributed by atoms with van der Waals surface area (Å²) in [4.78, 5) is 14.5. The van der Waals surface area contributed by atoms with Crippen LogP contribution in [0, 0.1) is 12.8 Å². The van der Waals surface area contributed by atoms with Crippen LogP contribution in [0.5, 0.6) is 0 Å². The second kappa shape index (κ2) is 6.89. The van der Waals surface area contributed by atoms with Crippen molar-refractivity contribution in [1.82, 2.24) is 4.90 Å². The Morgan fingerprint density at radius 3 is 2.90 bits per heavy atom. The first-order valence-corrected chi connectivity index (χ1v) is 7.69. The fraction of sp³-hybridized carbons (Fsp3) is 0.588. The lowest BCUT2D eigenvalue weighted by Gasteiger charge is -2.39. The molecule has 2 atom stereocenters. The predicted molar refractivity (Wildman–Crippen MR) is 82.5 cm³/mol. The zero-order valence-electron chi connectivity index (χ0n) is 12.6. The molecule has 1 aliphatic rings. The molecule has 1 aromatic carbocycles. The molecule has 1 aliphatic heterocycles. The van der Waals surface area contributed by atoms with Crippen molar-refractivity contribution in [2.24, 2.45) is 11.7 Å². The van der Waals surface area contributed by atoms with Gasteiger partial charge in [-0.15, -0.1) is 0 Å². The third kappa shape index (κ3) is 3.60. The maximum absolute atomic E-state index is 12.5. The van der Waals surface area contributed by atoms with Crippen molar-refractivity contribution in [3.8, 4) is 0 Å². The van der Waals surface area contributed by atoms with Gasteiger partial charge in [0.1, 0.15) is 0 Å². The predicted octanol–water partition coefficient (Wildman–Crippen LogP) is 2.51. The molecule has 1 amide bonds. The number of likely N-dealkylation sites (tertiary alicyclic amines) is 1. The first-order valence-electron chi connectivity index (χ1n) is 7.69. The second-order valence-corrected chi connectivity index (χ2v) is 5.94. The van der Waals surface area contributed by atoms with Crippen LogP contribution < -0.4 is 5.73 Å². The van der Waals surface area contributed by atoms with E-state index in [4.69, 9.17) is 5.73 Å². The highest BCUT2D eigenvalue weighted by molar-refractivity contribution is 5.79. The van der Waals surface area contributed by atoms with Gasteiger partial charge in [-0.1, -0.05) is 43.2 Å². The summed E-state index contributed by atoms with van der Waals surface area (Å²) < 4.78 is 0. The smallest absolute Gasteiger partial charge is 0.227 e. The molecule has 0 radical (unpaired) electrons. The van der Waals surface area contributed by atoms with Crippen LogP contribution in [0.3, 0.4) is 0 Å². The molecule has 0 saturated carbocycles. The molecule has 2 N–H and O–H groups in total. The molecule has 0 spiro atoms. The standard InChI is InChI=1S/C17H26N2O/c1-3-14-7-8-19(16(10-14)12-18)17(20)11-15-6-4-5-13(2)9-15/h4-6,9,14,16H,3,7-8,10-12,18H2,1-2H3. The Balaban J connectivity index is 2.01. The van der Waals surface area contributed by atoms with Crippen LogP contribution >= 0.6 is 0 Å². The van der Waals surface area contributed by atoms with Crippen molar-refractivity contribution in [2.75, 3.05) is 13.1 Å². The number of hydrogen-bond acceptors (Lipinski definition) is 2. The van der Waals surface area contributed by atoms with E-state index in [9.17, 15) is 4.79 Å². The molecular weight excluding hydrogens is 248 g/mol. The zero-order valence-corrected chi connectivity index (χ0v) is 12.6. The molecule has 2 unspecified atom stereocenters. The van der Waals surface area contributed by atoms with E-state index in [1.165, 1.54) is 12.0 Å². The average Bonchev–Trinajstić information content (AvgIpc) is 2.46. The molecule has 1 aromatic rings. The molecule has 3 nitrogen and oxygen atoms in total. The summed E-state index contributed by atoms with van der Waals surface area (Å²) in [5.41, 5.74) is 8.18. The van der Waals surface area contributed by atoms with Gasteiger partial charge in [-0.2, -0.15) is 0 Å². The van der Waals surface area contributed by atoms with Gasteiger partial charge in [0.15, 0.2) is 0 Å². The zero-order chi connectivity index (χ0) is 14.5. The van der Waals surface area contributed by atoms with E-state index >= 15 is 0 Å². The van der Waals surface area contributed by atoms with Gasteiger partial charge < -0.3 is 10.6 Å². The van der Waals surface area contributed by atoms with Crippen LogP contribution in [0.15, 0.2) is 24.3 Å². The molecule has 1 saturated heterocycles. The Labute approximate surface area is 122 Å². The van der Waals surface area contributed by atoms with Crippen LogP contribution in [-0.4, -0.2) is 29.9 Å². The molecule has 20 heavy (non-hydrogen) atoms. The number of carbonyl (C=O) groups is 1. The Morgan fingerprint density at radius 2 is 2.25 bits per heavy atom. The number of carbonyl (C=O) groups excluding carboxylic acids is 1. The highest BCUT2D eigenvalue weighted by Crippen LogP contribution is 2.25. The number of benzene rings is 1. The Bertz CT molecular complexity index is 458. The minimum Gasteiger partial charge on any atom is -0.338 e. The molecule has 0 aromatic heterocycles. The fourth-order valence-electron chi connectivity index (χ4n) is 3.15. The summed E-state index contributed by atoms with van der Waals surface area (Å²) in [5, 5.41) is 0. The van der Waals surface area contributed by atoms with E-state index in [2.05, 4.69) is 26.0 Å². The number of nitrogens with two attached hydrogens (primary N) is 1. The summed E-state index contributed by atoms with van der Waals surface area (Å²) in [6.07, 6.45) is 3.87. The van der Waals surface area contributed by atoms with E-state index in [0.29, 0.717) is 13.0 Å².